The number of aromatic nitrogens is 2. The van der Waals surface area contributed by atoms with Crippen LogP contribution in [0.4, 0.5) is 5.82 Å². The molecule has 1 aromatic heterocycles. The van der Waals surface area contributed by atoms with Crippen LogP contribution in [0.1, 0.15) is 11.5 Å². The topological polar surface area (TPSA) is 47.4 Å². The summed E-state index contributed by atoms with van der Waals surface area (Å²) < 4.78 is 8.22. The molecule has 1 aliphatic heterocycles. The molecule has 1 atom stereocenters. The summed E-state index contributed by atoms with van der Waals surface area (Å²) in [6.45, 7) is 0.382. The van der Waals surface area contributed by atoms with Gasteiger partial charge in [-0.1, -0.05) is 15.9 Å². The Hall–Kier alpha value is -1.82. The third kappa shape index (κ3) is 2.10. The molecule has 0 N–H and O–H groups in total. The molecule has 2 aromatic rings. The number of anilines is 1. The molecule has 0 radical (unpaired) electrons. The van der Waals surface area contributed by atoms with E-state index in [1.165, 1.54) is 0 Å². The summed E-state index contributed by atoms with van der Waals surface area (Å²) >= 11 is 3.43. The standard InChI is InChI=1S/C14H14BrN3O2/c1-17(13-5-6-16-18(13)2)14(19)11-8-20-12-4-3-9(15)7-10(11)12/h3-7,11H,8H2,1-2H3. The van der Waals surface area contributed by atoms with Crippen molar-refractivity contribution in [3.8, 4) is 5.75 Å². The van der Waals surface area contributed by atoms with Gasteiger partial charge in [0.2, 0.25) is 5.91 Å². The molecule has 0 bridgehead atoms. The molecule has 0 spiro atoms. The number of aryl methyl sites for hydroxylation is 1. The fourth-order valence-electron chi connectivity index (χ4n) is 2.43. The summed E-state index contributed by atoms with van der Waals surface area (Å²) in [5, 5.41) is 4.09. The number of ether oxygens (including phenoxy) is 1. The lowest BCUT2D eigenvalue weighted by Gasteiger charge is -2.20. The van der Waals surface area contributed by atoms with Gasteiger partial charge >= 0.3 is 0 Å². The molecular weight excluding hydrogens is 322 g/mol. The number of hydrogen-bond donors (Lipinski definition) is 0. The van der Waals surface area contributed by atoms with E-state index >= 15 is 0 Å². The number of benzene rings is 1. The first-order chi connectivity index (χ1) is 9.58. The van der Waals surface area contributed by atoms with Gasteiger partial charge in [0.15, 0.2) is 0 Å². The maximum absolute atomic E-state index is 12.7. The number of carbonyl (C=O) groups excluding carboxylic acids is 1. The van der Waals surface area contributed by atoms with E-state index < -0.39 is 0 Å². The van der Waals surface area contributed by atoms with Crippen LogP contribution < -0.4 is 9.64 Å². The van der Waals surface area contributed by atoms with Crippen molar-refractivity contribution in [2.24, 2.45) is 7.05 Å². The molecule has 0 saturated heterocycles. The molecule has 6 heteroatoms. The average molecular weight is 336 g/mol. The first-order valence-electron chi connectivity index (χ1n) is 6.25. The summed E-state index contributed by atoms with van der Waals surface area (Å²) in [4.78, 5) is 14.3. The lowest BCUT2D eigenvalue weighted by atomic mass is 10.00. The van der Waals surface area contributed by atoms with E-state index in [1.807, 2.05) is 31.3 Å². The van der Waals surface area contributed by atoms with Gasteiger partial charge < -0.3 is 4.74 Å². The summed E-state index contributed by atoms with van der Waals surface area (Å²) in [7, 11) is 3.57. The van der Waals surface area contributed by atoms with Crippen molar-refractivity contribution < 1.29 is 9.53 Å². The van der Waals surface area contributed by atoms with Gasteiger partial charge in [-0.25, -0.2) is 0 Å². The van der Waals surface area contributed by atoms with Crippen LogP contribution in [0.25, 0.3) is 0 Å². The molecule has 104 valence electrons. The minimum absolute atomic E-state index is 0.00505. The van der Waals surface area contributed by atoms with Crippen LogP contribution in [0.2, 0.25) is 0 Å². The van der Waals surface area contributed by atoms with Crippen LogP contribution in [0.3, 0.4) is 0 Å². The van der Waals surface area contributed by atoms with Gasteiger partial charge in [0, 0.05) is 30.2 Å². The fourth-order valence-corrected chi connectivity index (χ4v) is 2.81. The lowest BCUT2D eigenvalue weighted by molar-refractivity contribution is -0.120. The van der Waals surface area contributed by atoms with Crippen molar-refractivity contribution in [3.05, 3.63) is 40.5 Å². The highest BCUT2D eigenvalue weighted by molar-refractivity contribution is 9.10. The van der Waals surface area contributed by atoms with E-state index in [-0.39, 0.29) is 11.8 Å². The number of rotatable bonds is 2. The van der Waals surface area contributed by atoms with Crippen molar-refractivity contribution in [1.82, 2.24) is 9.78 Å². The fraction of sp³-hybridized carbons (Fsp3) is 0.286. The highest BCUT2D eigenvalue weighted by Crippen LogP contribution is 2.37. The second kappa shape index (κ2) is 4.94. The van der Waals surface area contributed by atoms with Gasteiger partial charge in [-0.3, -0.25) is 14.4 Å². The third-order valence-corrected chi connectivity index (χ3v) is 4.01. The number of hydrogen-bond acceptors (Lipinski definition) is 3. The van der Waals surface area contributed by atoms with E-state index in [2.05, 4.69) is 21.0 Å². The number of halogens is 1. The molecular formula is C14H14BrN3O2. The number of fused-ring (bicyclic) bond motifs is 1. The summed E-state index contributed by atoms with van der Waals surface area (Å²) in [6, 6.07) is 7.56. The Morgan fingerprint density at radius 3 is 3.00 bits per heavy atom. The second-order valence-electron chi connectivity index (χ2n) is 4.76. The molecule has 1 aliphatic rings. The Morgan fingerprint density at radius 1 is 1.50 bits per heavy atom. The van der Waals surface area contributed by atoms with E-state index in [9.17, 15) is 4.79 Å². The van der Waals surface area contributed by atoms with Crippen LogP contribution in [0.5, 0.6) is 5.75 Å². The normalized spacial score (nSPS) is 16.6. The first-order valence-corrected chi connectivity index (χ1v) is 7.05. The SMILES string of the molecule is CN(C(=O)C1COc2ccc(Br)cc21)c1ccnn1C. The van der Waals surface area contributed by atoms with E-state index in [4.69, 9.17) is 4.74 Å². The molecule has 3 rings (SSSR count). The third-order valence-electron chi connectivity index (χ3n) is 3.52. The highest BCUT2D eigenvalue weighted by Gasteiger charge is 2.33. The van der Waals surface area contributed by atoms with Gasteiger partial charge in [-0.05, 0) is 18.2 Å². The maximum Gasteiger partial charge on any atom is 0.239 e. The summed E-state index contributed by atoms with van der Waals surface area (Å²) in [5.74, 6) is 1.27. The molecule has 0 aliphatic carbocycles. The van der Waals surface area contributed by atoms with Crippen LogP contribution in [-0.4, -0.2) is 29.3 Å². The van der Waals surface area contributed by atoms with Gasteiger partial charge in [-0.15, -0.1) is 0 Å². The predicted octanol–water partition coefficient (Wildman–Crippen LogP) is 2.32. The van der Waals surface area contributed by atoms with Gasteiger partial charge in [-0.2, -0.15) is 5.10 Å². The zero-order chi connectivity index (χ0) is 14.3. The summed E-state index contributed by atoms with van der Waals surface area (Å²) in [6.07, 6.45) is 1.68. The quantitative estimate of drug-likeness (QED) is 0.846. The summed E-state index contributed by atoms with van der Waals surface area (Å²) in [5.41, 5.74) is 0.929. The number of amides is 1. The van der Waals surface area contributed by atoms with Crippen molar-refractivity contribution in [3.63, 3.8) is 0 Å². The molecule has 2 heterocycles. The molecule has 1 unspecified atom stereocenters. The van der Waals surface area contributed by atoms with Gasteiger partial charge in [0.25, 0.3) is 0 Å². The largest absolute Gasteiger partial charge is 0.492 e. The van der Waals surface area contributed by atoms with Crippen LogP contribution in [-0.2, 0) is 11.8 Å². The number of likely N-dealkylation sites (N-methyl/N-ethyl adjacent to an activating group) is 1. The highest BCUT2D eigenvalue weighted by atomic mass is 79.9. The Balaban J connectivity index is 1.90. The molecule has 0 fully saturated rings. The Bertz CT molecular complexity index is 668. The molecule has 20 heavy (non-hydrogen) atoms. The van der Waals surface area contributed by atoms with Gasteiger partial charge in [0.05, 0.1) is 6.20 Å². The second-order valence-corrected chi connectivity index (χ2v) is 5.67. The molecule has 0 saturated carbocycles. The van der Waals surface area contributed by atoms with E-state index in [0.29, 0.717) is 6.61 Å². The monoisotopic (exact) mass is 335 g/mol. The molecule has 5 nitrogen and oxygen atoms in total. The Kier molecular flexibility index (Phi) is 3.25. The number of carbonyl (C=O) groups is 1. The van der Waals surface area contributed by atoms with Crippen molar-refractivity contribution in [1.29, 1.82) is 0 Å². The first kappa shape index (κ1) is 13.2. The van der Waals surface area contributed by atoms with Crippen LogP contribution in [0.15, 0.2) is 34.9 Å². The average Bonchev–Trinajstić information content (AvgIpc) is 3.03. The van der Waals surface area contributed by atoms with Crippen LogP contribution in [0, 0.1) is 0 Å². The zero-order valence-corrected chi connectivity index (χ0v) is 12.8. The maximum atomic E-state index is 12.7. The van der Waals surface area contributed by atoms with Crippen molar-refractivity contribution >= 4 is 27.7 Å². The lowest BCUT2D eigenvalue weighted by Crippen LogP contribution is -2.33. The molecule has 1 amide bonds. The minimum atomic E-state index is -0.276. The number of nitrogens with zero attached hydrogens (tertiary/aromatic N) is 3. The van der Waals surface area contributed by atoms with Crippen LogP contribution >= 0.6 is 15.9 Å². The molecule has 1 aromatic carbocycles. The Morgan fingerprint density at radius 2 is 2.30 bits per heavy atom. The van der Waals surface area contributed by atoms with E-state index in [0.717, 1.165) is 21.6 Å². The van der Waals surface area contributed by atoms with Gasteiger partial charge in [0.1, 0.15) is 24.1 Å². The Labute approximate surface area is 125 Å². The zero-order valence-electron chi connectivity index (χ0n) is 11.2. The minimum Gasteiger partial charge on any atom is -0.492 e. The van der Waals surface area contributed by atoms with Crippen molar-refractivity contribution in [2.45, 2.75) is 5.92 Å². The van der Waals surface area contributed by atoms with Crippen molar-refractivity contribution in [2.75, 3.05) is 18.6 Å². The predicted molar refractivity (Wildman–Crippen MR) is 79.0 cm³/mol. The van der Waals surface area contributed by atoms with E-state index in [1.54, 1.807) is 22.8 Å². The smallest absolute Gasteiger partial charge is 0.239 e.